The summed E-state index contributed by atoms with van der Waals surface area (Å²) < 4.78 is 6.15. The Labute approximate surface area is 135 Å². The molecule has 0 atom stereocenters. The molecule has 3 heterocycles. The summed E-state index contributed by atoms with van der Waals surface area (Å²) in [6.45, 7) is 6.62. The van der Waals surface area contributed by atoms with Crippen LogP contribution in [0.15, 0.2) is 6.33 Å². The molecule has 0 amide bonds. The van der Waals surface area contributed by atoms with E-state index in [1.807, 2.05) is 11.3 Å². The van der Waals surface area contributed by atoms with Gasteiger partial charge in [0.2, 0.25) is 5.88 Å². The number of hydrogen-bond acceptors (Lipinski definition) is 5. The van der Waals surface area contributed by atoms with E-state index in [9.17, 15) is 0 Å². The van der Waals surface area contributed by atoms with Gasteiger partial charge in [0.1, 0.15) is 11.2 Å². The molecule has 1 fully saturated rings. The van der Waals surface area contributed by atoms with Crippen LogP contribution in [0.1, 0.15) is 36.6 Å². The average Bonchev–Trinajstić information content (AvgIpc) is 3.14. The largest absolute Gasteiger partial charge is 0.477 e. The molecule has 0 radical (unpaired) electrons. The molecular weight excluding hydrogens is 294 g/mol. The summed E-state index contributed by atoms with van der Waals surface area (Å²) >= 11 is 1.83. The summed E-state index contributed by atoms with van der Waals surface area (Å²) in [5.41, 5.74) is 1.46. The Balaban J connectivity index is 1.48. The lowest BCUT2D eigenvalue weighted by atomic mass is 9.98. The number of piperidine rings is 1. The van der Waals surface area contributed by atoms with E-state index in [1.165, 1.54) is 61.1 Å². The van der Waals surface area contributed by atoms with Crippen LogP contribution >= 0.6 is 11.3 Å². The number of thiophene rings is 1. The van der Waals surface area contributed by atoms with Gasteiger partial charge < -0.3 is 9.64 Å². The van der Waals surface area contributed by atoms with E-state index in [0.717, 1.165) is 23.7 Å². The third-order valence-corrected chi connectivity index (χ3v) is 6.28. The van der Waals surface area contributed by atoms with E-state index in [-0.39, 0.29) is 0 Å². The maximum Gasteiger partial charge on any atom is 0.225 e. The molecular formula is C17H23N3OS. The van der Waals surface area contributed by atoms with Crippen molar-refractivity contribution in [3.05, 3.63) is 16.8 Å². The Hall–Kier alpha value is -1.20. The van der Waals surface area contributed by atoms with Gasteiger partial charge in [-0.2, -0.15) is 0 Å². The summed E-state index contributed by atoms with van der Waals surface area (Å²) in [6.07, 6.45) is 7.76. The number of likely N-dealkylation sites (tertiary alicyclic amines) is 1. The molecule has 0 unspecified atom stereocenters. The van der Waals surface area contributed by atoms with Crippen molar-refractivity contribution in [2.24, 2.45) is 5.92 Å². The summed E-state index contributed by atoms with van der Waals surface area (Å²) in [5, 5.41) is 1.20. The van der Waals surface area contributed by atoms with Gasteiger partial charge in [0.05, 0.1) is 12.0 Å². The van der Waals surface area contributed by atoms with Crippen LogP contribution in [-0.2, 0) is 12.8 Å². The van der Waals surface area contributed by atoms with E-state index >= 15 is 0 Å². The van der Waals surface area contributed by atoms with Crippen molar-refractivity contribution in [3.8, 4) is 5.88 Å². The zero-order chi connectivity index (χ0) is 14.9. The van der Waals surface area contributed by atoms with Gasteiger partial charge >= 0.3 is 0 Å². The number of hydrogen-bond donors (Lipinski definition) is 0. The second-order valence-electron chi connectivity index (χ2n) is 6.40. The molecule has 0 bridgehead atoms. The quantitative estimate of drug-likeness (QED) is 0.867. The maximum atomic E-state index is 6.15. The lowest BCUT2D eigenvalue weighted by Gasteiger charge is -2.30. The zero-order valence-corrected chi connectivity index (χ0v) is 14.0. The fourth-order valence-corrected chi connectivity index (χ4v) is 4.89. The molecule has 2 aliphatic rings. The van der Waals surface area contributed by atoms with Crippen LogP contribution in [0, 0.1) is 5.92 Å². The Morgan fingerprint density at radius 1 is 1.27 bits per heavy atom. The highest BCUT2D eigenvalue weighted by atomic mass is 32.1. The fraction of sp³-hybridized carbons (Fsp3) is 0.647. The fourth-order valence-electron chi connectivity index (χ4n) is 3.68. The molecule has 0 spiro atoms. The predicted molar refractivity (Wildman–Crippen MR) is 89.8 cm³/mol. The highest BCUT2D eigenvalue weighted by Gasteiger charge is 2.23. The first-order valence-corrected chi connectivity index (χ1v) is 9.27. The van der Waals surface area contributed by atoms with Crippen LogP contribution in [-0.4, -0.2) is 41.1 Å². The molecule has 1 aliphatic heterocycles. The smallest absolute Gasteiger partial charge is 0.225 e. The molecule has 0 aromatic carbocycles. The maximum absolute atomic E-state index is 6.15. The minimum Gasteiger partial charge on any atom is -0.477 e. The number of nitrogens with zero attached hydrogens (tertiary/aromatic N) is 3. The lowest BCUT2D eigenvalue weighted by Crippen LogP contribution is -2.35. The molecule has 2 aromatic heterocycles. The normalized spacial score (nSPS) is 19.7. The number of fused-ring (bicyclic) bond motifs is 3. The van der Waals surface area contributed by atoms with E-state index in [0.29, 0.717) is 5.92 Å². The van der Waals surface area contributed by atoms with Crippen molar-refractivity contribution in [1.29, 1.82) is 0 Å². The van der Waals surface area contributed by atoms with Crippen molar-refractivity contribution in [3.63, 3.8) is 0 Å². The van der Waals surface area contributed by atoms with E-state index in [4.69, 9.17) is 4.74 Å². The van der Waals surface area contributed by atoms with Crippen LogP contribution in [0.4, 0.5) is 0 Å². The van der Waals surface area contributed by atoms with Gasteiger partial charge in [-0.1, -0.05) is 6.92 Å². The van der Waals surface area contributed by atoms with Gasteiger partial charge in [0.25, 0.3) is 0 Å². The van der Waals surface area contributed by atoms with Gasteiger partial charge in [0, 0.05) is 4.88 Å². The van der Waals surface area contributed by atoms with Gasteiger partial charge in [0.15, 0.2) is 0 Å². The zero-order valence-electron chi connectivity index (χ0n) is 13.2. The molecule has 118 valence electrons. The predicted octanol–water partition coefficient (Wildman–Crippen LogP) is 3.29. The summed E-state index contributed by atoms with van der Waals surface area (Å²) in [4.78, 5) is 14.0. The lowest BCUT2D eigenvalue weighted by molar-refractivity contribution is 0.144. The van der Waals surface area contributed by atoms with Crippen LogP contribution in [0.25, 0.3) is 10.2 Å². The van der Waals surface area contributed by atoms with Gasteiger partial charge in [-0.25, -0.2) is 9.97 Å². The van der Waals surface area contributed by atoms with Crippen molar-refractivity contribution >= 4 is 21.6 Å². The van der Waals surface area contributed by atoms with Gasteiger partial charge in [-0.05, 0) is 63.2 Å². The Bertz CT molecular complexity index is 661. The molecule has 5 heteroatoms. The number of ether oxygens (including phenoxy) is 1. The standard InChI is InChI=1S/C17H23N3OS/c1-2-20-8-6-12(7-9-20)10-21-16-15-13-4-3-5-14(13)22-17(15)19-11-18-16/h11-12H,2-10H2,1H3. The second kappa shape index (κ2) is 6.13. The summed E-state index contributed by atoms with van der Waals surface area (Å²) in [5.74, 6) is 1.49. The summed E-state index contributed by atoms with van der Waals surface area (Å²) in [6, 6.07) is 0. The molecule has 0 N–H and O–H groups in total. The van der Waals surface area contributed by atoms with Crippen molar-refractivity contribution in [1.82, 2.24) is 14.9 Å². The SMILES string of the molecule is CCN1CCC(COc2ncnc3sc4c(c23)CCC4)CC1. The van der Waals surface area contributed by atoms with Crippen molar-refractivity contribution in [2.45, 2.75) is 39.0 Å². The molecule has 4 rings (SSSR count). The topological polar surface area (TPSA) is 38.2 Å². The molecule has 1 aliphatic carbocycles. The second-order valence-corrected chi connectivity index (χ2v) is 7.49. The third-order valence-electron chi connectivity index (χ3n) is 5.08. The van der Waals surface area contributed by atoms with Gasteiger partial charge in [-0.15, -0.1) is 11.3 Å². The summed E-state index contributed by atoms with van der Waals surface area (Å²) in [7, 11) is 0. The first kappa shape index (κ1) is 14.4. The van der Waals surface area contributed by atoms with E-state index < -0.39 is 0 Å². The Morgan fingerprint density at radius 2 is 2.14 bits per heavy atom. The first-order valence-electron chi connectivity index (χ1n) is 8.45. The van der Waals surface area contributed by atoms with E-state index in [2.05, 4.69) is 21.8 Å². The Morgan fingerprint density at radius 3 is 2.95 bits per heavy atom. The van der Waals surface area contributed by atoms with Crippen LogP contribution in [0.2, 0.25) is 0 Å². The van der Waals surface area contributed by atoms with Crippen LogP contribution in [0.5, 0.6) is 5.88 Å². The molecule has 22 heavy (non-hydrogen) atoms. The third kappa shape index (κ3) is 2.61. The molecule has 2 aromatic rings. The first-order chi connectivity index (χ1) is 10.8. The van der Waals surface area contributed by atoms with Crippen LogP contribution in [0.3, 0.4) is 0 Å². The average molecular weight is 317 g/mol. The highest BCUT2D eigenvalue weighted by Crippen LogP contribution is 2.40. The molecule has 0 saturated carbocycles. The van der Waals surface area contributed by atoms with Gasteiger partial charge in [-0.3, -0.25) is 0 Å². The highest BCUT2D eigenvalue weighted by molar-refractivity contribution is 7.18. The Kier molecular flexibility index (Phi) is 4.01. The minimum absolute atomic E-state index is 0.666. The van der Waals surface area contributed by atoms with E-state index in [1.54, 1.807) is 6.33 Å². The molecule has 4 nitrogen and oxygen atoms in total. The van der Waals surface area contributed by atoms with Crippen LogP contribution < -0.4 is 4.74 Å². The monoisotopic (exact) mass is 317 g/mol. The van der Waals surface area contributed by atoms with Crippen molar-refractivity contribution in [2.75, 3.05) is 26.2 Å². The minimum atomic E-state index is 0.666. The van der Waals surface area contributed by atoms with Crippen molar-refractivity contribution < 1.29 is 4.74 Å². The number of rotatable bonds is 4. The molecule has 1 saturated heterocycles. The number of aryl methyl sites for hydroxylation is 2. The number of aromatic nitrogens is 2.